The second-order valence-corrected chi connectivity index (χ2v) is 15.0. The monoisotopic (exact) mass is 587 g/mol. The fraction of sp³-hybridized carbons (Fsp3) is 0.630. The van der Waals surface area contributed by atoms with Gasteiger partial charge in [0, 0.05) is 11.1 Å². The number of primary sulfonamides is 1. The summed E-state index contributed by atoms with van der Waals surface area (Å²) >= 11 is -1.10. The van der Waals surface area contributed by atoms with Gasteiger partial charge in [0.15, 0.2) is 11.5 Å². The molecule has 0 bridgehead atoms. The highest BCUT2D eigenvalue weighted by Crippen LogP contribution is 2.42. The third-order valence-electron chi connectivity index (χ3n) is 7.11. The molecule has 220 valence electrons. The zero-order valence-corrected chi connectivity index (χ0v) is 24.7. The van der Waals surface area contributed by atoms with Gasteiger partial charge >= 0.3 is 0 Å². The minimum Gasteiger partial charge on any atom is -0.616 e. The molecule has 0 aliphatic carbocycles. The number of rotatable bonds is 16. The van der Waals surface area contributed by atoms with E-state index < -0.39 is 49.0 Å². The van der Waals surface area contributed by atoms with Crippen molar-refractivity contribution < 1.29 is 32.0 Å². The lowest BCUT2D eigenvalue weighted by atomic mass is 9.70. The number of hydrogen-bond acceptors (Lipinski definition) is 9. The van der Waals surface area contributed by atoms with Gasteiger partial charge in [0.25, 0.3) is 0 Å². The van der Waals surface area contributed by atoms with E-state index in [1.165, 1.54) is 12.5 Å². The molecule has 0 aliphatic rings. The SMILES string of the molecule is CC(C)(CCC[S+]([O-])CCCC(c1cocc(O)c1=O)C(C)(C)CCCS(N)(=O)=O)Cc1cocc(O)c1=O. The molecule has 2 heterocycles. The summed E-state index contributed by atoms with van der Waals surface area (Å²) < 4.78 is 45.7. The summed E-state index contributed by atoms with van der Waals surface area (Å²) in [6, 6.07) is 0. The molecular weight excluding hydrogens is 546 g/mol. The highest BCUT2D eigenvalue weighted by atomic mass is 32.2. The van der Waals surface area contributed by atoms with Crippen LogP contribution in [0.15, 0.2) is 43.5 Å². The predicted molar refractivity (Wildman–Crippen MR) is 151 cm³/mol. The van der Waals surface area contributed by atoms with Gasteiger partial charge in [0.1, 0.15) is 24.0 Å². The van der Waals surface area contributed by atoms with Gasteiger partial charge in [-0.05, 0) is 61.7 Å². The normalized spacial score (nSPS) is 14.3. The van der Waals surface area contributed by atoms with Crippen LogP contribution >= 0.6 is 0 Å². The minimum absolute atomic E-state index is 0.172. The van der Waals surface area contributed by atoms with E-state index in [1.54, 1.807) is 0 Å². The van der Waals surface area contributed by atoms with E-state index >= 15 is 0 Å². The molecule has 2 aromatic rings. The summed E-state index contributed by atoms with van der Waals surface area (Å²) in [5.41, 5.74) is -1.05. The molecule has 39 heavy (non-hydrogen) atoms. The van der Waals surface area contributed by atoms with Crippen molar-refractivity contribution in [2.75, 3.05) is 17.3 Å². The van der Waals surface area contributed by atoms with Crippen molar-refractivity contribution in [3.63, 3.8) is 0 Å². The van der Waals surface area contributed by atoms with E-state index in [4.69, 9.17) is 14.0 Å². The zero-order chi connectivity index (χ0) is 29.4. The van der Waals surface area contributed by atoms with Crippen molar-refractivity contribution in [3.05, 3.63) is 56.6 Å². The third-order valence-corrected chi connectivity index (χ3v) is 9.46. The molecule has 0 saturated heterocycles. The van der Waals surface area contributed by atoms with Crippen molar-refractivity contribution in [3.8, 4) is 11.5 Å². The van der Waals surface area contributed by atoms with Crippen LogP contribution < -0.4 is 16.0 Å². The van der Waals surface area contributed by atoms with Crippen LogP contribution in [0.5, 0.6) is 11.5 Å². The summed E-state index contributed by atoms with van der Waals surface area (Å²) in [6.07, 6.45) is 8.32. The molecule has 0 fully saturated rings. The van der Waals surface area contributed by atoms with E-state index in [2.05, 4.69) is 0 Å². The summed E-state index contributed by atoms with van der Waals surface area (Å²) in [7, 11) is -3.61. The molecule has 0 saturated carbocycles. The first kappa shape index (κ1) is 32.9. The molecule has 0 aromatic carbocycles. The second kappa shape index (κ2) is 13.9. The Morgan fingerprint density at radius 2 is 1.51 bits per heavy atom. The number of hydrogen-bond donors (Lipinski definition) is 3. The molecule has 2 rings (SSSR count). The van der Waals surface area contributed by atoms with Gasteiger partial charge in [-0.15, -0.1) is 0 Å². The smallest absolute Gasteiger partial charge is 0.229 e. The highest BCUT2D eigenvalue weighted by molar-refractivity contribution is 7.91. The van der Waals surface area contributed by atoms with Gasteiger partial charge < -0.3 is 23.6 Å². The summed E-state index contributed by atoms with van der Waals surface area (Å²) in [4.78, 5) is 24.8. The topological polar surface area (TPSA) is 184 Å². The lowest BCUT2D eigenvalue weighted by Crippen LogP contribution is -2.28. The molecule has 0 aliphatic heterocycles. The van der Waals surface area contributed by atoms with E-state index in [0.717, 1.165) is 18.9 Å². The van der Waals surface area contributed by atoms with Crippen molar-refractivity contribution in [2.24, 2.45) is 16.0 Å². The highest BCUT2D eigenvalue weighted by Gasteiger charge is 2.33. The summed E-state index contributed by atoms with van der Waals surface area (Å²) in [5, 5.41) is 24.6. The molecule has 2 unspecified atom stereocenters. The Balaban J connectivity index is 1.96. The van der Waals surface area contributed by atoms with Gasteiger partial charge in [-0.3, -0.25) is 9.59 Å². The van der Waals surface area contributed by atoms with Gasteiger partial charge in [-0.1, -0.05) is 38.9 Å². The molecule has 4 N–H and O–H groups in total. The fourth-order valence-corrected chi connectivity index (χ4v) is 6.68. The fourth-order valence-electron chi connectivity index (χ4n) is 4.98. The first-order chi connectivity index (χ1) is 18.0. The molecule has 0 spiro atoms. The quantitative estimate of drug-likeness (QED) is 0.246. The van der Waals surface area contributed by atoms with Crippen molar-refractivity contribution in [1.29, 1.82) is 0 Å². The maximum absolute atomic E-state index is 12.8. The van der Waals surface area contributed by atoms with E-state index in [9.17, 15) is 32.8 Å². The van der Waals surface area contributed by atoms with Crippen LogP contribution in [0.3, 0.4) is 0 Å². The first-order valence-corrected chi connectivity index (χ1v) is 16.2. The molecule has 0 amide bonds. The number of aromatic hydroxyl groups is 2. The van der Waals surface area contributed by atoms with Crippen LogP contribution in [0.4, 0.5) is 0 Å². The van der Waals surface area contributed by atoms with Crippen LogP contribution in [0.1, 0.15) is 83.3 Å². The molecule has 12 heteroatoms. The molecular formula is C27H41NO9S2. The van der Waals surface area contributed by atoms with Crippen molar-refractivity contribution >= 4 is 21.2 Å². The lowest BCUT2D eigenvalue weighted by molar-refractivity contribution is 0.241. The average Bonchev–Trinajstić information content (AvgIpc) is 2.80. The molecule has 2 aromatic heterocycles. The van der Waals surface area contributed by atoms with Crippen LogP contribution in [0.25, 0.3) is 0 Å². The van der Waals surface area contributed by atoms with Gasteiger partial charge in [-0.2, -0.15) is 0 Å². The maximum Gasteiger partial charge on any atom is 0.229 e. The van der Waals surface area contributed by atoms with Gasteiger partial charge in [0.2, 0.25) is 20.9 Å². The van der Waals surface area contributed by atoms with Crippen molar-refractivity contribution in [1.82, 2.24) is 0 Å². The Morgan fingerprint density at radius 3 is 2.15 bits per heavy atom. The Hall–Kier alpha value is -2.28. The van der Waals surface area contributed by atoms with Crippen LogP contribution in [-0.4, -0.2) is 40.4 Å². The number of nitrogens with two attached hydrogens (primary N) is 1. The largest absolute Gasteiger partial charge is 0.616 e. The standard InChI is InChI=1S/C27H41NO9S2/c1-26(2,14-19-15-36-17-22(29)24(19)31)9-6-12-38(33)11-5-8-21(20-16-37-18-23(30)25(20)32)27(3,4)10-7-13-39(28,34)35/h15-18,21,29-30H,5-14H2,1-4H3,(H2,28,34,35). The average molecular weight is 588 g/mol. The van der Waals surface area contributed by atoms with Gasteiger partial charge in [-0.25, -0.2) is 13.6 Å². The maximum atomic E-state index is 12.8. The number of sulfonamides is 1. The molecule has 10 nitrogen and oxygen atoms in total. The van der Waals surface area contributed by atoms with Gasteiger partial charge in [0.05, 0.1) is 18.3 Å². The van der Waals surface area contributed by atoms with Crippen LogP contribution in [0, 0.1) is 10.8 Å². The van der Waals surface area contributed by atoms with Crippen LogP contribution in [0.2, 0.25) is 0 Å². The van der Waals surface area contributed by atoms with E-state index in [-0.39, 0.29) is 17.1 Å². The minimum atomic E-state index is -3.61. The summed E-state index contributed by atoms with van der Waals surface area (Å²) in [6.45, 7) is 7.86. The zero-order valence-electron chi connectivity index (χ0n) is 23.1. The Kier molecular flexibility index (Phi) is 11.7. The Labute approximate surface area is 232 Å². The second-order valence-electron chi connectivity index (χ2n) is 11.6. The van der Waals surface area contributed by atoms with Crippen LogP contribution in [-0.2, 0) is 27.6 Å². The first-order valence-electron chi connectivity index (χ1n) is 13.0. The lowest BCUT2D eigenvalue weighted by Gasteiger charge is -2.34. The Morgan fingerprint density at radius 1 is 0.923 bits per heavy atom. The van der Waals surface area contributed by atoms with Crippen molar-refractivity contribution in [2.45, 2.75) is 78.6 Å². The summed E-state index contributed by atoms with van der Waals surface area (Å²) in [5.74, 6) is -0.536. The Bertz CT molecular complexity index is 1300. The molecule has 2 atom stereocenters. The van der Waals surface area contributed by atoms with E-state index in [1.807, 2.05) is 27.7 Å². The predicted octanol–water partition coefficient (Wildman–Crippen LogP) is 3.76. The van der Waals surface area contributed by atoms with E-state index in [0.29, 0.717) is 61.2 Å². The molecule has 0 radical (unpaired) electrons. The third kappa shape index (κ3) is 10.7.